The Bertz CT molecular complexity index is 3860. The van der Waals surface area contributed by atoms with E-state index in [1.807, 2.05) is 69.6 Å². The van der Waals surface area contributed by atoms with E-state index in [1.54, 1.807) is 0 Å². The van der Waals surface area contributed by atoms with Crippen molar-refractivity contribution in [1.82, 2.24) is 68.5 Å². The number of hydrogen-bond donors (Lipinski definition) is 0. The van der Waals surface area contributed by atoms with Gasteiger partial charge in [-0.25, -0.2) is 9.80 Å². The molecule has 0 aliphatic carbocycles. The Balaban J connectivity index is 0.000000234. The van der Waals surface area contributed by atoms with Crippen LogP contribution < -0.4 is 31.8 Å². The molecule has 0 unspecified atom stereocenters. The Kier molecular flexibility index (Phi) is 29.9. The van der Waals surface area contributed by atoms with Crippen molar-refractivity contribution in [3.8, 4) is 0 Å². The van der Waals surface area contributed by atoms with Gasteiger partial charge in [-0.2, -0.15) is 30.6 Å². The second kappa shape index (κ2) is 35.7. The maximum absolute atomic E-state index is 10.7. The fourth-order valence-corrected chi connectivity index (χ4v) is 16.1. The first-order valence-corrected chi connectivity index (χ1v) is 39.2. The van der Waals surface area contributed by atoms with Gasteiger partial charge < -0.3 is 0 Å². The third kappa shape index (κ3) is 32.0. The molecular weight excluding hydrogens is 1540 g/mol. The molecule has 0 bridgehead atoms. The average Bonchev–Trinajstić information content (AvgIpc) is 1.45. The first kappa shape index (κ1) is 87.1. The zero-order valence-corrected chi connectivity index (χ0v) is 65.0. The van der Waals surface area contributed by atoms with Crippen LogP contribution in [0.1, 0.15) is 68.3 Å². The van der Waals surface area contributed by atoms with Crippen molar-refractivity contribution in [2.75, 3.05) is 0 Å². The largest absolute Gasteiger partial charge is 2.00 e. The van der Waals surface area contributed by atoms with Gasteiger partial charge in [0.15, 0.2) is 0 Å². The molecule has 0 amide bonds. The van der Waals surface area contributed by atoms with Crippen LogP contribution in [0.4, 0.5) is 50.4 Å². The number of halogens is 12. The van der Waals surface area contributed by atoms with Crippen molar-refractivity contribution in [2.24, 2.45) is 0 Å². The van der Waals surface area contributed by atoms with Crippen LogP contribution >= 0.6 is 31.5 Å². The minimum absolute atomic E-state index is 0. The number of aryl methyl sites for hydroxylation is 12. The minimum Gasteiger partial charge on any atom is -0.0620 e. The van der Waals surface area contributed by atoms with Gasteiger partial charge in [0.1, 0.15) is 31.8 Å². The van der Waals surface area contributed by atoms with Crippen LogP contribution in [0.25, 0.3) is 0 Å². The maximum atomic E-state index is 9.87. The van der Waals surface area contributed by atoms with Gasteiger partial charge in [-0.05, 0) is 192 Å². The Hall–Kier alpha value is -7.58. The quantitative estimate of drug-likeness (QED) is 0.0474. The van der Waals surface area contributed by atoms with E-state index < -0.39 is 31.5 Å². The summed E-state index contributed by atoms with van der Waals surface area (Å²) in [5, 5.41) is 36.2. The minimum atomic E-state index is -10.7. The van der Waals surface area contributed by atoms with Crippen LogP contribution in [0.3, 0.4) is 0 Å². The van der Waals surface area contributed by atoms with Gasteiger partial charge in [-0.1, -0.05) is 109 Å². The number of hydrogen-bond acceptors (Lipinski definition) is 8. The first-order valence-electron chi connectivity index (χ1n) is 32.1. The smallest absolute Gasteiger partial charge is 0.0620 e. The molecule has 104 heavy (non-hydrogen) atoms. The van der Waals surface area contributed by atoms with Gasteiger partial charge in [0.05, 0.1) is 90.0 Å². The first-order chi connectivity index (χ1) is 47.4. The van der Waals surface area contributed by atoms with Crippen molar-refractivity contribution < 1.29 is 84.5 Å². The normalized spacial score (nSPS) is 12.6. The molecule has 566 valence electrons. The number of aromatic nitrogens is 12. The van der Waals surface area contributed by atoms with Gasteiger partial charge in [-0.15, -0.1) is 0 Å². The van der Waals surface area contributed by atoms with E-state index in [0.29, 0.717) is 40.0 Å². The van der Waals surface area contributed by atoms with Crippen molar-refractivity contribution in [3.05, 3.63) is 287 Å². The molecule has 0 fully saturated rings. The molecule has 0 spiro atoms. The summed E-state index contributed by atoms with van der Waals surface area (Å²) in [4.78, 5) is 4.58. The molecule has 2 radical (unpaired) electrons. The molecule has 32 heteroatoms. The summed E-state index contributed by atoms with van der Waals surface area (Å²) >= 11 is 0. The molecule has 12 rings (SSSR count). The van der Waals surface area contributed by atoms with Crippen LogP contribution in [0.2, 0.25) is 0 Å². The topological polar surface area (TPSA) is 113 Å². The van der Waals surface area contributed by atoms with Crippen LogP contribution in [0.5, 0.6) is 0 Å². The van der Waals surface area contributed by atoms with Crippen LogP contribution in [0.15, 0.2) is 218 Å². The van der Waals surface area contributed by atoms with Crippen molar-refractivity contribution in [1.29, 1.82) is 0 Å². The zero-order valence-electron chi connectivity index (χ0n) is 59.3. The number of benzene rings is 6. The van der Waals surface area contributed by atoms with E-state index in [-0.39, 0.29) is 34.1 Å². The van der Waals surface area contributed by atoms with Gasteiger partial charge in [0, 0.05) is 34.2 Å². The van der Waals surface area contributed by atoms with Gasteiger partial charge in [-0.3, -0.25) is 28.1 Å². The molecule has 0 saturated carbocycles. The predicted octanol–water partition coefficient (Wildman–Crippen LogP) is 18.5. The van der Waals surface area contributed by atoms with Crippen LogP contribution in [-0.2, 0) is 74.1 Å². The maximum Gasteiger partial charge on any atom is 2.00 e. The summed E-state index contributed by atoms with van der Waals surface area (Å²) in [6, 6.07) is 77.6. The molecule has 0 aliphatic rings. The summed E-state index contributed by atoms with van der Waals surface area (Å²) in [5.74, 6) is 0. The molecule has 14 nitrogen and oxygen atoms in total. The molecule has 6 aromatic heterocycles. The third-order valence-corrected chi connectivity index (χ3v) is 20.5. The van der Waals surface area contributed by atoms with E-state index >= 15 is 0 Å². The standard InChI is InChI=1S/2C18H27N7.2C18H15P.2Cu.2F6P/c2*1-13-7-16(4)23(19-13)10-22(11-24-17(5)8-14(2)20-24)12-25-18(6)9-15(3)21-25;2*1-4-10-16(11-5-1)19(17-12-6-2-7-13-17)18-14-8-3-9-15-18;;;2*1-7(2,3,4,5)6/h2*7-9H,10-12H2,1-6H3;2*1-15H;;;;/q;;;;2*+2;2*-1/p+2. The van der Waals surface area contributed by atoms with Gasteiger partial charge in [0.25, 0.3) is 0 Å². The zero-order chi connectivity index (χ0) is 74.9. The van der Waals surface area contributed by atoms with Gasteiger partial charge in [0.2, 0.25) is 0 Å². The van der Waals surface area contributed by atoms with E-state index in [9.17, 15) is 50.4 Å². The molecule has 6 aromatic carbocycles. The third-order valence-electron chi connectivity index (χ3n) is 15.0. The van der Waals surface area contributed by atoms with E-state index in [1.165, 1.54) is 31.8 Å². The predicted molar refractivity (Wildman–Crippen MR) is 394 cm³/mol. The number of rotatable bonds is 18. The van der Waals surface area contributed by atoms with Crippen molar-refractivity contribution in [2.45, 2.75) is 123 Å². The summed E-state index contributed by atoms with van der Waals surface area (Å²) in [6.45, 7) is 28.8. The molecule has 0 N–H and O–H groups in total. The Morgan fingerprint density at radius 2 is 0.356 bits per heavy atom. The molecule has 0 saturated heterocycles. The van der Waals surface area contributed by atoms with Crippen LogP contribution in [0, 0.1) is 83.1 Å². The van der Waals surface area contributed by atoms with E-state index in [2.05, 4.69) is 300 Å². The second-order valence-electron chi connectivity index (χ2n) is 24.6. The van der Waals surface area contributed by atoms with Crippen molar-refractivity contribution in [3.63, 3.8) is 0 Å². The monoisotopic (exact) mass is 1620 g/mol. The van der Waals surface area contributed by atoms with Crippen molar-refractivity contribution >= 4 is 63.3 Å². The second-order valence-corrected chi connectivity index (χ2v) is 33.4. The Labute approximate surface area is 622 Å². The molecule has 6 heterocycles. The fourth-order valence-electron chi connectivity index (χ4n) is 10.9. The fraction of sp³-hybridized carbons (Fsp3) is 0.250. The number of nitrogens with zero attached hydrogens (tertiary/aromatic N) is 14. The van der Waals surface area contributed by atoms with E-state index in [4.69, 9.17) is 0 Å². The Morgan fingerprint density at radius 3 is 0.452 bits per heavy atom. The molecular formula is C72H86Cu2F12N14P4+4. The summed E-state index contributed by atoms with van der Waals surface area (Å²) in [5.41, 5.74) is 13.2. The SMILES string of the molecule is Cc1cc(C)n(CN(Cn2nc(C)cc2C)Cn2nc(C)cc2C)n1.Cc1cc(C)n(CN(Cn2nc(C)cc2C)Cn2nc(C)cc2C)n1.F[P-](F)(F)(F)(F)F.F[P-](F)(F)(F)(F)F.[Cu+2].[Cu+2].c1ccc([PH+](c2ccccc2)c2ccccc2)cc1.c1ccc([PH+](c2ccccc2)c2ccccc2)cc1. The summed E-state index contributed by atoms with van der Waals surface area (Å²) in [6.07, 6.45) is 0. The van der Waals surface area contributed by atoms with Gasteiger partial charge >= 0.3 is 100 Å². The molecule has 12 aromatic rings. The van der Waals surface area contributed by atoms with E-state index in [0.717, 1.165) is 68.3 Å². The average molecular weight is 1630 g/mol. The summed E-state index contributed by atoms with van der Waals surface area (Å²) < 4.78 is 131. The molecule has 0 aliphatic heterocycles. The summed E-state index contributed by atoms with van der Waals surface area (Å²) in [7, 11) is -23.1. The molecule has 0 atom stereocenters. The van der Waals surface area contributed by atoms with Crippen LogP contribution in [-0.4, -0.2) is 68.5 Å². The Morgan fingerprint density at radius 1 is 0.240 bits per heavy atom.